The summed E-state index contributed by atoms with van der Waals surface area (Å²) in [6.07, 6.45) is 2.28. The molecule has 0 bridgehead atoms. The molecular formula is C24H26FN3O3. The van der Waals surface area contributed by atoms with Gasteiger partial charge >= 0.3 is 0 Å². The van der Waals surface area contributed by atoms with Crippen LogP contribution in [0.3, 0.4) is 0 Å². The molecule has 7 heteroatoms. The van der Waals surface area contributed by atoms with Crippen LogP contribution in [0.2, 0.25) is 0 Å². The zero-order valence-electron chi connectivity index (χ0n) is 17.3. The number of imide groups is 1. The first-order valence-corrected chi connectivity index (χ1v) is 10.7. The van der Waals surface area contributed by atoms with Crippen LogP contribution in [-0.2, 0) is 16.0 Å². The molecule has 0 unspecified atom stereocenters. The largest absolute Gasteiger partial charge is 0.349 e. The van der Waals surface area contributed by atoms with Crippen molar-refractivity contribution >= 4 is 17.7 Å². The second-order valence-electron chi connectivity index (χ2n) is 8.13. The standard InChI is InChI=1S/C24H26FN3O3/c25-19-8-6-18(7-9-19)23(30)26-20-11-13-27(14-12-20)21-16-22(29)28(24(21)31)15-10-17-4-2-1-3-5-17/h1-9,20-21H,10-16H2,(H,26,30)/t21-/m0/s1. The van der Waals surface area contributed by atoms with E-state index >= 15 is 0 Å². The fourth-order valence-corrected chi connectivity index (χ4v) is 4.30. The van der Waals surface area contributed by atoms with Gasteiger partial charge in [0.25, 0.3) is 5.91 Å². The molecule has 2 aliphatic rings. The summed E-state index contributed by atoms with van der Waals surface area (Å²) < 4.78 is 13.0. The van der Waals surface area contributed by atoms with Gasteiger partial charge in [0.05, 0.1) is 12.5 Å². The number of hydrogen-bond donors (Lipinski definition) is 1. The van der Waals surface area contributed by atoms with Crippen molar-refractivity contribution in [1.29, 1.82) is 0 Å². The van der Waals surface area contributed by atoms with E-state index in [1.807, 2.05) is 30.3 Å². The third kappa shape index (κ3) is 4.99. The molecule has 2 aromatic rings. The highest BCUT2D eigenvalue weighted by atomic mass is 19.1. The van der Waals surface area contributed by atoms with Crippen molar-refractivity contribution in [3.8, 4) is 0 Å². The maximum atomic E-state index is 13.0. The number of amides is 3. The van der Waals surface area contributed by atoms with Crippen LogP contribution in [-0.4, -0.2) is 59.2 Å². The molecule has 2 aromatic carbocycles. The van der Waals surface area contributed by atoms with Gasteiger partial charge in [-0.1, -0.05) is 30.3 Å². The summed E-state index contributed by atoms with van der Waals surface area (Å²) in [6, 6.07) is 14.9. The van der Waals surface area contributed by atoms with E-state index in [1.54, 1.807) is 0 Å². The maximum absolute atomic E-state index is 13.0. The Morgan fingerprint density at radius 2 is 1.68 bits per heavy atom. The molecule has 162 valence electrons. The highest BCUT2D eigenvalue weighted by Crippen LogP contribution is 2.23. The topological polar surface area (TPSA) is 69.7 Å². The Balaban J connectivity index is 1.27. The zero-order valence-corrected chi connectivity index (χ0v) is 17.3. The molecule has 2 saturated heterocycles. The number of carbonyl (C=O) groups excluding carboxylic acids is 3. The van der Waals surface area contributed by atoms with E-state index in [0.717, 1.165) is 5.56 Å². The van der Waals surface area contributed by atoms with Crippen LogP contribution >= 0.6 is 0 Å². The van der Waals surface area contributed by atoms with Gasteiger partial charge in [-0.05, 0) is 49.1 Å². The number of nitrogens with one attached hydrogen (secondary N) is 1. The fourth-order valence-electron chi connectivity index (χ4n) is 4.30. The maximum Gasteiger partial charge on any atom is 0.251 e. The molecule has 0 aromatic heterocycles. The predicted octanol–water partition coefficient (Wildman–Crippen LogP) is 2.39. The Labute approximate surface area is 181 Å². The number of rotatable bonds is 6. The molecule has 1 atom stereocenters. The summed E-state index contributed by atoms with van der Waals surface area (Å²) in [4.78, 5) is 41.1. The smallest absolute Gasteiger partial charge is 0.251 e. The van der Waals surface area contributed by atoms with E-state index in [9.17, 15) is 18.8 Å². The summed E-state index contributed by atoms with van der Waals surface area (Å²) in [5, 5.41) is 2.98. The monoisotopic (exact) mass is 423 g/mol. The lowest BCUT2D eigenvalue weighted by Crippen LogP contribution is -2.50. The molecule has 1 N–H and O–H groups in total. The third-order valence-corrected chi connectivity index (χ3v) is 6.10. The highest BCUT2D eigenvalue weighted by molar-refractivity contribution is 6.05. The summed E-state index contributed by atoms with van der Waals surface area (Å²) >= 11 is 0. The van der Waals surface area contributed by atoms with Crippen LogP contribution in [0.5, 0.6) is 0 Å². The van der Waals surface area contributed by atoms with Gasteiger partial charge in [0.2, 0.25) is 11.8 Å². The normalized spacial score (nSPS) is 20.3. The highest BCUT2D eigenvalue weighted by Gasteiger charge is 2.42. The molecule has 0 radical (unpaired) electrons. The van der Waals surface area contributed by atoms with Crippen molar-refractivity contribution in [2.24, 2.45) is 0 Å². The second-order valence-corrected chi connectivity index (χ2v) is 8.13. The van der Waals surface area contributed by atoms with Gasteiger partial charge < -0.3 is 5.32 Å². The minimum atomic E-state index is -0.406. The van der Waals surface area contributed by atoms with Crippen LogP contribution in [0.4, 0.5) is 4.39 Å². The minimum Gasteiger partial charge on any atom is -0.349 e. The van der Waals surface area contributed by atoms with E-state index < -0.39 is 6.04 Å². The molecule has 2 aliphatic heterocycles. The van der Waals surface area contributed by atoms with E-state index in [0.29, 0.717) is 44.5 Å². The van der Waals surface area contributed by atoms with Gasteiger partial charge in [-0.25, -0.2) is 4.39 Å². The molecule has 0 spiro atoms. The van der Waals surface area contributed by atoms with Gasteiger partial charge in [0, 0.05) is 31.2 Å². The molecule has 0 aliphatic carbocycles. The lowest BCUT2D eigenvalue weighted by Gasteiger charge is -2.35. The van der Waals surface area contributed by atoms with E-state index in [-0.39, 0.29) is 36.0 Å². The Morgan fingerprint density at radius 3 is 2.35 bits per heavy atom. The molecule has 4 rings (SSSR count). The van der Waals surface area contributed by atoms with Gasteiger partial charge in [0.15, 0.2) is 0 Å². The number of carbonyl (C=O) groups is 3. The molecule has 31 heavy (non-hydrogen) atoms. The minimum absolute atomic E-state index is 0.00445. The third-order valence-electron chi connectivity index (χ3n) is 6.10. The summed E-state index contributed by atoms with van der Waals surface area (Å²) in [6.45, 7) is 1.69. The van der Waals surface area contributed by atoms with Crippen molar-refractivity contribution in [2.45, 2.75) is 37.8 Å². The van der Waals surface area contributed by atoms with Crippen LogP contribution < -0.4 is 5.32 Å². The zero-order chi connectivity index (χ0) is 21.8. The Hall–Kier alpha value is -3.06. The molecule has 2 heterocycles. The second kappa shape index (κ2) is 9.39. The summed E-state index contributed by atoms with van der Waals surface area (Å²) in [5.74, 6) is -0.830. The van der Waals surface area contributed by atoms with E-state index in [2.05, 4.69) is 10.2 Å². The first-order valence-electron chi connectivity index (χ1n) is 10.7. The van der Waals surface area contributed by atoms with Crippen molar-refractivity contribution in [3.63, 3.8) is 0 Å². The fraction of sp³-hybridized carbons (Fsp3) is 0.375. The summed E-state index contributed by atoms with van der Waals surface area (Å²) in [7, 11) is 0. The van der Waals surface area contributed by atoms with Crippen LogP contribution in [0, 0.1) is 5.82 Å². The number of hydrogen-bond acceptors (Lipinski definition) is 4. The number of benzene rings is 2. The van der Waals surface area contributed by atoms with Gasteiger partial charge in [-0.3, -0.25) is 24.2 Å². The van der Waals surface area contributed by atoms with Gasteiger partial charge in [-0.2, -0.15) is 0 Å². The van der Waals surface area contributed by atoms with Gasteiger partial charge in [0.1, 0.15) is 5.82 Å². The van der Waals surface area contributed by atoms with E-state index in [1.165, 1.54) is 29.2 Å². The van der Waals surface area contributed by atoms with Crippen molar-refractivity contribution in [3.05, 3.63) is 71.5 Å². The lowest BCUT2D eigenvalue weighted by atomic mass is 10.0. The van der Waals surface area contributed by atoms with Gasteiger partial charge in [-0.15, -0.1) is 0 Å². The average Bonchev–Trinajstić information content (AvgIpc) is 3.07. The van der Waals surface area contributed by atoms with Crippen molar-refractivity contribution in [2.75, 3.05) is 19.6 Å². The first kappa shape index (κ1) is 21.2. The molecule has 0 saturated carbocycles. The number of likely N-dealkylation sites (tertiary alicyclic amines) is 2. The van der Waals surface area contributed by atoms with Crippen LogP contribution in [0.1, 0.15) is 35.2 Å². The van der Waals surface area contributed by atoms with Crippen LogP contribution in [0.15, 0.2) is 54.6 Å². The van der Waals surface area contributed by atoms with E-state index in [4.69, 9.17) is 0 Å². The van der Waals surface area contributed by atoms with Crippen LogP contribution in [0.25, 0.3) is 0 Å². The van der Waals surface area contributed by atoms with Crippen molar-refractivity contribution < 1.29 is 18.8 Å². The number of piperidine rings is 1. The molecule has 3 amide bonds. The average molecular weight is 423 g/mol. The SMILES string of the molecule is O=C(NC1CCN([C@H]2CC(=O)N(CCc3ccccc3)C2=O)CC1)c1ccc(F)cc1. The number of halogens is 1. The Bertz CT molecular complexity index is 940. The Morgan fingerprint density at radius 1 is 1.00 bits per heavy atom. The number of nitrogens with zero attached hydrogens (tertiary/aromatic N) is 2. The molecule has 2 fully saturated rings. The predicted molar refractivity (Wildman–Crippen MR) is 114 cm³/mol. The quantitative estimate of drug-likeness (QED) is 0.725. The lowest BCUT2D eigenvalue weighted by molar-refractivity contribution is -0.139. The molecule has 6 nitrogen and oxygen atoms in total. The summed E-state index contributed by atoms with van der Waals surface area (Å²) in [5.41, 5.74) is 1.53. The molecular weight excluding hydrogens is 397 g/mol. The first-order chi connectivity index (χ1) is 15.0. The Kier molecular flexibility index (Phi) is 6.42. The van der Waals surface area contributed by atoms with Crippen molar-refractivity contribution in [1.82, 2.24) is 15.1 Å².